The van der Waals surface area contributed by atoms with Gasteiger partial charge in [-0.3, -0.25) is 14.6 Å². The number of halogens is 2. The summed E-state index contributed by atoms with van der Waals surface area (Å²) in [5.41, 5.74) is 0.109. The first kappa shape index (κ1) is 23.4. The molecule has 2 aromatic rings. The molecule has 3 aliphatic carbocycles. The molecule has 0 aliphatic heterocycles. The molecule has 33 heavy (non-hydrogen) atoms. The Balaban J connectivity index is 1.35. The van der Waals surface area contributed by atoms with Gasteiger partial charge in [-0.05, 0) is 68.4 Å². The Morgan fingerprint density at radius 1 is 1.21 bits per heavy atom. The van der Waals surface area contributed by atoms with Crippen molar-refractivity contribution in [1.29, 1.82) is 0 Å². The molecule has 0 radical (unpaired) electrons. The first-order valence-corrected chi connectivity index (χ1v) is 11.5. The highest BCUT2D eigenvalue weighted by atomic mass is 35.5. The molecule has 2 bridgehead atoms. The van der Waals surface area contributed by atoms with Crippen LogP contribution in [0.1, 0.15) is 55.1 Å². The fourth-order valence-corrected chi connectivity index (χ4v) is 4.93. The maximum absolute atomic E-state index is 13.5. The van der Waals surface area contributed by atoms with E-state index in [-0.39, 0.29) is 23.3 Å². The Morgan fingerprint density at radius 2 is 1.97 bits per heavy atom. The zero-order valence-corrected chi connectivity index (χ0v) is 19.1. The molecule has 176 valence electrons. The highest BCUT2D eigenvalue weighted by molar-refractivity contribution is 6.30. The summed E-state index contributed by atoms with van der Waals surface area (Å²) in [7, 11) is 0. The van der Waals surface area contributed by atoms with Crippen LogP contribution in [0.25, 0.3) is 0 Å². The van der Waals surface area contributed by atoms with Gasteiger partial charge in [-0.2, -0.15) is 0 Å². The number of aromatic nitrogens is 1. The van der Waals surface area contributed by atoms with Crippen molar-refractivity contribution < 1.29 is 23.8 Å². The number of benzene rings is 1. The molecule has 0 saturated heterocycles. The minimum Gasteiger partial charge on any atom is -0.484 e. The maximum atomic E-state index is 13.5. The summed E-state index contributed by atoms with van der Waals surface area (Å²) in [6.45, 7) is 1.71. The molecular weight excluding hydrogens is 449 g/mol. The third-order valence-electron chi connectivity index (χ3n) is 6.81. The lowest BCUT2D eigenvalue weighted by atomic mass is 9.60. The number of fused-ring (bicyclic) bond motifs is 3. The van der Waals surface area contributed by atoms with Crippen LogP contribution in [-0.2, 0) is 11.2 Å². The summed E-state index contributed by atoms with van der Waals surface area (Å²) in [5, 5.41) is 16.9. The number of carbonyl (C=O) groups excluding carboxylic acids is 2. The Labute approximate surface area is 196 Å². The highest BCUT2D eigenvalue weighted by Gasteiger charge is 2.55. The van der Waals surface area contributed by atoms with Crippen LogP contribution in [0.3, 0.4) is 0 Å². The molecule has 1 heterocycles. The summed E-state index contributed by atoms with van der Waals surface area (Å²) in [6.07, 6.45) is 4.28. The van der Waals surface area contributed by atoms with Gasteiger partial charge in [0.1, 0.15) is 17.3 Å². The number of pyridine rings is 1. The van der Waals surface area contributed by atoms with Gasteiger partial charge in [0.25, 0.3) is 11.8 Å². The number of hydrogen-bond acceptors (Lipinski definition) is 5. The fraction of sp³-hybridized carbons (Fsp3) is 0.458. The van der Waals surface area contributed by atoms with E-state index in [0.29, 0.717) is 37.8 Å². The van der Waals surface area contributed by atoms with Gasteiger partial charge in [0, 0.05) is 17.8 Å². The molecule has 0 spiro atoms. The molecule has 3 N–H and O–H groups in total. The summed E-state index contributed by atoms with van der Waals surface area (Å²) in [5.74, 6) is -1.08. The first-order valence-electron chi connectivity index (χ1n) is 11.1. The molecule has 5 rings (SSSR count). The summed E-state index contributed by atoms with van der Waals surface area (Å²) >= 11 is 5.65. The number of nitrogens with one attached hydrogen (secondary N) is 2. The molecule has 2 amide bonds. The van der Waals surface area contributed by atoms with Crippen molar-refractivity contribution in [2.45, 2.75) is 62.6 Å². The quantitative estimate of drug-likeness (QED) is 0.571. The monoisotopic (exact) mass is 475 g/mol. The second kappa shape index (κ2) is 9.27. The van der Waals surface area contributed by atoms with Crippen molar-refractivity contribution in [1.82, 2.24) is 15.6 Å². The van der Waals surface area contributed by atoms with Gasteiger partial charge in [-0.15, -0.1) is 0 Å². The van der Waals surface area contributed by atoms with Crippen molar-refractivity contribution >= 4 is 23.4 Å². The van der Waals surface area contributed by atoms with E-state index in [1.165, 1.54) is 12.1 Å². The largest absolute Gasteiger partial charge is 0.484 e. The molecule has 7 nitrogen and oxygen atoms in total. The van der Waals surface area contributed by atoms with Gasteiger partial charge in [-0.25, -0.2) is 4.39 Å². The van der Waals surface area contributed by atoms with Crippen LogP contribution >= 0.6 is 11.6 Å². The van der Waals surface area contributed by atoms with Gasteiger partial charge < -0.3 is 20.5 Å². The number of aryl methyl sites for hydroxylation is 1. The van der Waals surface area contributed by atoms with E-state index in [9.17, 15) is 19.1 Å². The van der Waals surface area contributed by atoms with E-state index in [1.54, 1.807) is 12.3 Å². The van der Waals surface area contributed by atoms with Crippen LogP contribution < -0.4 is 15.4 Å². The topological polar surface area (TPSA) is 101 Å². The zero-order chi connectivity index (χ0) is 23.6. The molecule has 0 unspecified atom stereocenters. The van der Waals surface area contributed by atoms with Crippen LogP contribution in [0.4, 0.5) is 4.39 Å². The van der Waals surface area contributed by atoms with E-state index >= 15 is 0 Å². The smallest absolute Gasteiger partial charge is 0.270 e. The number of aliphatic hydroxyl groups is 1. The lowest BCUT2D eigenvalue weighted by Crippen LogP contribution is -2.70. The second-order valence-electron chi connectivity index (χ2n) is 8.93. The minimum atomic E-state index is -0.813. The predicted molar refractivity (Wildman–Crippen MR) is 121 cm³/mol. The Kier molecular flexibility index (Phi) is 6.59. The van der Waals surface area contributed by atoms with Crippen LogP contribution in [0.5, 0.6) is 5.75 Å². The zero-order valence-electron chi connectivity index (χ0n) is 18.4. The standard InChI is InChI=1S/C24H27ClFN3O4/c1-2-15-5-10-27-19(11-15)22(32)29-23-6-8-24(9-7-23,20(30)13-23)28-21(31)14-33-16-3-4-17(25)18(26)12-16/h3-5,10-12,20,30H,2,6-9,13-14H2,1H3,(H,28,31)(H,29,32)/t20-,23?,24?/m0/s1. The van der Waals surface area contributed by atoms with E-state index in [2.05, 4.69) is 15.6 Å². The number of carbonyl (C=O) groups is 2. The highest BCUT2D eigenvalue weighted by Crippen LogP contribution is 2.47. The van der Waals surface area contributed by atoms with Crippen molar-refractivity contribution in [3.8, 4) is 5.75 Å². The summed E-state index contributed by atoms with van der Waals surface area (Å²) in [4.78, 5) is 29.5. The van der Waals surface area contributed by atoms with E-state index in [0.717, 1.165) is 18.1 Å². The third kappa shape index (κ3) is 4.96. The average Bonchev–Trinajstić information content (AvgIpc) is 2.81. The molecule has 3 aliphatic rings. The minimum absolute atomic E-state index is 0.0253. The molecule has 1 aromatic heterocycles. The molecular formula is C24H27ClFN3O4. The Bertz CT molecular complexity index is 1060. The van der Waals surface area contributed by atoms with Crippen molar-refractivity contribution in [2.24, 2.45) is 0 Å². The van der Waals surface area contributed by atoms with Gasteiger partial charge >= 0.3 is 0 Å². The van der Waals surface area contributed by atoms with Crippen molar-refractivity contribution in [2.75, 3.05) is 6.61 Å². The molecule has 9 heteroatoms. The van der Waals surface area contributed by atoms with Crippen LogP contribution in [0.15, 0.2) is 36.5 Å². The van der Waals surface area contributed by atoms with E-state index in [4.69, 9.17) is 16.3 Å². The third-order valence-corrected chi connectivity index (χ3v) is 7.12. The van der Waals surface area contributed by atoms with Gasteiger partial charge in [0.05, 0.1) is 16.7 Å². The SMILES string of the molecule is CCc1ccnc(C(=O)NC23CCC(NC(=O)COc4ccc(Cl)c(F)c4)(CC2)[C@@H](O)C3)c1. The summed E-state index contributed by atoms with van der Waals surface area (Å²) < 4.78 is 18.9. The van der Waals surface area contributed by atoms with Crippen LogP contribution in [-0.4, -0.2) is 45.7 Å². The van der Waals surface area contributed by atoms with Gasteiger partial charge in [-0.1, -0.05) is 18.5 Å². The number of amides is 2. The predicted octanol–water partition coefficient (Wildman–Crippen LogP) is 3.18. The van der Waals surface area contributed by atoms with Crippen LogP contribution in [0, 0.1) is 5.82 Å². The molecule has 3 saturated carbocycles. The maximum Gasteiger partial charge on any atom is 0.270 e. The van der Waals surface area contributed by atoms with Gasteiger partial charge in [0.2, 0.25) is 0 Å². The summed E-state index contributed by atoms with van der Waals surface area (Å²) in [6, 6.07) is 7.62. The number of nitrogens with zero attached hydrogens (tertiary/aromatic N) is 1. The fourth-order valence-electron chi connectivity index (χ4n) is 4.81. The Hall–Kier alpha value is -2.71. The molecule has 1 aromatic carbocycles. The number of rotatable bonds is 7. The number of hydrogen-bond donors (Lipinski definition) is 3. The number of aliphatic hydroxyl groups excluding tert-OH is 1. The molecule has 1 atom stereocenters. The van der Waals surface area contributed by atoms with Crippen LogP contribution in [0.2, 0.25) is 5.02 Å². The van der Waals surface area contributed by atoms with Crippen molar-refractivity contribution in [3.05, 3.63) is 58.6 Å². The Morgan fingerprint density at radius 3 is 2.64 bits per heavy atom. The molecule has 3 fully saturated rings. The van der Waals surface area contributed by atoms with Gasteiger partial charge in [0.15, 0.2) is 6.61 Å². The van der Waals surface area contributed by atoms with Crippen molar-refractivity contribution in [3.63, 3.8) is 0 Å². The average molecular weight is 476 g/mol. The first-order chi connectivity index (χ1) is 15.7. The van der Waals surface area contributed by atoms with E-state index < -0.39 is 28.9 Å². The lowest BCUT2D eigenvalue weighted by molar-refractivity contribution is -0.132. The number of ether oxygens (including phenoxy) is 1. The van der Waals surface area contributed by atoms with E-state index in [1.807, 2.05) is 13.0 Å². The lowest BCUT2D eigenvalue weighted by Gasteiger charge is -2.56. The normalized spacial score (nSPS) is 26.0. The second-order valence-corrected chi connectivity index (χ2v) is 9.33.